The van der Waals surface area contributed by atoms with E-state index in [-0.39, 0.29) is 5.75 Å². The second-order valence-electron chi connectivity index (χ2n) is 4.91. The van der Waals surface area contributed by atoms with Crippen LogP contribution in [0.5, 0.6) is 0 Å². The van der Waals surface area contributed by atoms with Crippen LogP contribution in [-0.2, 0) is 15.8 Å². The maximum atomic E-state index is 12.1. The Kier molecular flexibility index (Phi) is 4.73. The number of sulfonamides is 1. The van der Waals surface area contributed by atoms with E-state index in [1.807, 2.05) is 13.1 Å². The molecule has 1 aromatic carbocycles. The molecule has 0 radical (unpaired) electrons. The average molecular weight is 294 g/mol. The minimum absolute atomic E-state index is 0.178. The van der Waals surface area contributed by atoms with E-state index >= 15 is 0 Å². The third kappa shape index (κ3) is 4.02. The van der Waals surface area contributed by atoms with Crippen molar-refractivity contribution in [2.45, 2.75) is 5.75 Å². The van der Waals surface area contributed by atoms with Crippen molar-refractivity contribution in [3.8, 4) is 6.07 Å². The molecule has 108 valence electrons. The van der Waals surface area contributed by atoms with Crippen LogP contribution < -0.4 is 4.83 Å². The Morgan fingerprint density at radius 3 is 2.55 bits per heavy atom. The quantitative estimate of drug-likeness (QED) is 0.855. The van der Waals surface area contributed by atoms with Crippen LogP contribution in [0.3, 0.4) is 0 Å². The molecule has 1 aromatic rings. The van der Waals surface area contributed by atoms with Gasteiger partial charge in [0.2, 0.25) is 10.0 Å². The summed E-state index contributed by atoms with van der Waals surface area (Å²) >= 11 is 0. The zero-order valence-corrected chi connectivity index (χ0v) is 12.2. The van der Waals surface area contributed by atoms with Crippen LogP contribution in [0.2, 0.25) is 0 Å². The zero-order valence-electron chi connectivity index (χ0n) is 11.4. The van der Waals surface area contributed by atoms with Gasteiger partial charge in [-0.05, 0) is 18.7 Å². The fourth-order valence-corrected chi connectivity index (χ4v) is 3.39. The van der Waals surface area contributed by atoms with Gasteiger partial charge < -0.3 is 4.90 Å². The number of benzene rings is 1. The first-order valence-electron chi connectivity index (χ1n) is 6.42. The summed E-state index contributed by atoms with van der Waals surface area (Å²) in [5.74, 6) is -0.178. The molecule has 1 N–H and O–H groups in total. The largest absolute Gasteiger partial charge is 0.304 e. The fraction of sp³-hybridized carbons (Fsp3) is 0.462. The number of nitrogens with zero attached hydrogens (tertiary/aromatic N) is 3. The summed E-state index contributed by atoms with van der Waals surface area (Å²) < 4.78 is 24.3. The van der Waals surface area contributed by atoms with E-state index < -0.39 is 10.0 Å². The van der Waals surface area contributed by atoms with E-state index in [1.54, 1.807) is 29.3 Å². The van der Waals surface area contributed by atoms with Crippen molar-refractivity contribution < 1.29 is 8.42 Å². The highest BCUT2D eigenvalue weighted by Gasteiger charge is 2.20. The Labute approximate surface area is 119 Å². The first kappa shape index (κ1) is 14.9. The number of rotatable bonds is 4. The number of piperazine rings is 1. The van der Waals surface area contributed by atoms with Crippen molar-refractivity contribution in [1.82, 2.24) is 14.7 Å². The Balaban J connectivity index is 2.03. The highest BCUT2D eigenvalue weighted by molar-refractivity contribution is 7.88. The van der Waals surface area contributed by atoms with Crippen LogP contribution >= 0.6 is 0 Å². The fourth-order valence-electron chi connectivity index (χ4n) is 2.09. The first-order chi connectivity index (χ1) is 9.50. The maximum Gasteiger partial charge on any atom is 0.228 e. The van der Waals surface area contributed by atoms with Crippen LogP contribution in [0.15, 0.2) is 24.3 Å². The van der Waals surface area contributed by atoms with Crippen molar-refractivity contribution in [2.24, 2.45) is 0 Å². The van der Waals surface area contributed by atoms with Crippen LogP contribution in [0, 0.1) is 11.3 Å². The third-order valence-electron chi connectivity index (χ3n) is 3.25. The summed E-state index contributed by atoms with van der Waals surface area (Å²) in [6.45, 7) is 2.99. The molecule has 0 spiro atoms. The molecule has 7 heteroatoms. The number of hydrazine groups is 1. The summed E-state index contributed by atoms with van der Waals surface area (Å²) in [4.78, 5) is 4.73. The third-order valence-corrected chi connectivity index (χ3v) is 4.48. The van der Waals surface area contributed by atoms with Gasteiger partial charge in [0, 0.05) is 26.2 Å². The predicted octanol–water partition coefficient (Wildman–Crippen LogP) is 0.140. The Bertz CT molecular complexity index is 601. The van der Waals surface area contributed by atoms with E-state index in [9.17, 15) is 8.42 Å². The molecule has 0 atom stereocenters. The number of nitrogens with one attached hydrogen (secondary N) is 1. The van der Waals surface area contributed by atoms with E-state index in [1.165, 1.54) is 0 Å². The second-order valence-corrected chi connectivity index (χ2v) is 6.61. The van der Waals surface area contributed by atoms with E-state index in [4.69, 9.17) is 5.26 Å². The van der Waals surface area contributed by atoms with Gasteiger partial charge in [0.1, 0.15) is 0 Å². The Morgan fingerprint density at radius 2 is 1.90 bits per heavy atom. The normalized spacial score (nSPS) is 17.8. The number of likely N-dealkylation sites (N-methyl/N-ethyl adjacent to an activating group) is 1. The highest BCUT2D eigenvalue weighted by atomic mass is 32.2. The van der Waals surface area contributed by atoms with Gasteiger partial charge in [0.15, 0.2) is 0 Å². The standard InChI is InChI=1S/C13H18N4O2S/c1-16-6-8-17(9-7-16)15-20(18,19)11-13-5-3-2-4-12(13)10-14/h2-5,15H,6-9,11H2,1H3. The van der Waals surface area contributed by atoms with Crippen molar-refractivity contribution in [3.63, 3.8) is 0 Å². The summed E-state index contributed by atoms with van der Waals surface area (Å²) in [6, 6.07) is 8.77. The Morgan fingerprint density at radius 1 is 1.25 bits per heavy atom. The first-order valence-corrected chi connectivity index (χ1v) is 8.07. The maximum absolute atomic E-state index is 12.1. The lowest BCUT2D eigenvalue weighted by Gasteiger charge is -2.32. The number of hydrogen-bond donors (Lipinski definition) is 1. The topological polar surface area (TPSA) is 76.4 Å². The van der Waals surface area contributed by atoms with E-state index in [0.29, 0.717) is 24.2 Å². The monoisotopic (exact) mass is 294 g/mol. The van der Waals surface area contributed by atoms with E-state index in [2.05, 4.69) is 9.73 Å². The highest BCUT2D eigenvalue weighted by Crippen LogP contribution is 2.11. The zero-order chi connectivity index (χ0) is 14.6. The molecule has 0 aromatic heterocycles. The molecule has 1 saturated heterocycles. The lowest BCUT2D eigenvalue weighted by Crippen LogP contribution is -2.52. The van der Waals surface area contributed by atoms with Gasteiger partial charge in [-0.3, -0.25) is 0 Å². The Hall–Kier alpha value is -1.46. The van der Waals surface area contributed by atoms with E-state index in [0.717, 1.165) is 13.1 Å². The molecule has 1 aliphatic heterocycles. The summed E-state index contributed by atoms with van der Waals surface area (Å²) in [6.07, 6.45) is 0. The molecular weight excluding hydrogens is 276 g/mol. The summed E-state index contributed by atoms with van der Waals surface area (Å²) in [7, 11) is -1.47. The van der Waals surface area contributed by atoms with Crippen molar-refractivity contribution in [3.05, 3.63) is 35.4 Å². The molecule has 0 amide bonds. The van der Waals surface area contributed by atoms with Gasteiger partial charge in [0.05, 0.1) is 17.4 Å². The second kappa shape index (κ2) is 6.33. The van der Waals surface area contributed by atoms with Gasteiger partial charge >= 0.3 is 0 Å². The van der Waals surface area contributed by atoms with Gasteiger partial charge in [-0.25, -0.2) is 13.4 Å². The summed E-state index contributed by atoms with van der Waals surface area (Å²) in [5, 5.41) is 10.7. The lowest BCUT2D eigenvalue weighted by molar-refractivity contribution is 0.134. The molecule has 6 nitrogen and oxygen atoms in total. The number of nitriles is 1. The van der Waals surface area contributed by atoms with Crippen molar-refractivity contribution in [2.75, 3.05) is 33.2 Å². The SMILES string of the molecule is CN1CCN(NS(=O)(=O)Cc2ccccc2C#N)CC1. The van der Waals surface area contributed by atoms with Crippen LogP contribution in [-0.4, -0.2) is 51.6 Å². The smallest absolute Gasteiger partial charge is 0.228 e. The molecule has 2 rings (SSSR count). The van der Waals surface area contributed by atoms with Gasteiger partial charge in [-0.2, -0.15) is 5.26 Å². The van der Waals surface area contributed by atoms with Crippen LogP contribution in [0.25, 0.3) is 0 Å². The van der Waals surface area contributed by atoms with Gasteiger partial charge in [-0.1, -0.05) is 18.2 Å². The molecule has 0 bridgehead atoms. The van der Waals surface area contributed by atoms with Crippen LogP contribution in [0.4, 0.5) is 0 Å². The van der Waals surface area contributed by atoms with Crippen molar-refractivity contribution in [1.29, 1.82) is 5.26 Å². The lowest BCUT2D eigenvalue weighted by atomic mass is 10.1. The van der Waals surface area contributed by atoms with Gasteiger partial charge in [0.25, 0.3) is 0 Å². The van der Waals surface area contributed by atoms with Crippen LogP contribution in [0.1, 0.15) is 11.1 Å². The molecule has 0 saturated carbocycles. The van der Waals surface area contributed by atoms with Gasteiger partial charge in [-0.15, -0.1) is 4.83 Å². The average Bonchev–Trinajstić information content (AvgIpc) is 2.41. The molecule has 1 fully saturated rings. The molecule has 0 unspecified atom stereocenters. The minimum atomic E-state index is -3.48. The predicted molar refractivity (Wildman–Crippen MR) is 76.0 cm³/mol. The molecule has 1 aliphatic rings. The number of hydrogen-bond acceptors (Lipinski definition) is 5. The molecule has 1 heterocycles. The van der Waals surface area contributed by atoms with Crippen molar-refractivity contribution >= 4 is 10.0 Å². The minimum Gasteiger partial charge on any atom is -0.304 e. The molecular formula is C13H18N4O2S. The summed E-state index contributed by atoms with van der Waals surface area (Å²) in [5.41, 5.74) is 0.924. The molecule has 20 heavy (non-hydrogen) atoms. The molecule has 0 aliphatic carbocycles.